The fraction of sp³-hybridized carbons (Fsp3) is 0.500. The zero-order valence-electron chi connectivity index (χ0n) is 12.3. The van der Waals surface area contributed by atoms with Crippen molar-refractivity contribution >= 4 is 34.9 Å². The standard InChI is InChI=1S/C16H22N2OS2/c1-2-21-14-8-7-13(10-14)18-15(19)9-11-3-5-12(6-4-11)16(17)20/h3-6,13-14H,2,7-10H2,1H3,(H2,17,20)(H,18,19). The lowest BCUT2D eigenvalue weighted by Gasteiger charge is -2.13. The van der Waals surface area contributed by atoms with Gasteiger partial charge in [-0.15, -0.1) is 0 Å². The van der Waals surface area contributed by atoms with Crippen LogP contribution in [0.2, 0.25) is 0 Å². The quantitative estimate of drug-likeness (QED) is 0.791. The number of thiocarbonyl (C=S) groups is 1. The van der Waals surface area contributed by atoms with E-state index in [4.69, 9.17) is 18.0 Å². The molecule has 2 atom stereocenters. The minimum absolute atomic E-state index is 0.102. The fourth-order valence-electron chi connectivity index (χ4n) is 2.71. The summed E-state index contributed by atoms with van der Waals surface area (Å²) in [6, 6.07) is 7.91. The van der Waals surface area contributed by atoms with E-state index in [9.17, 15) is 4.79 Å². The van der Waals surface area contributed by atoms with Gasteiger partial charge in [0.2, 0.25) is 5.91 Å². The second kappa shape index (κ2) is 7.80. The van der Waals surface area contributed by atoms with Crippen LogP contribution in [0, 0.1) is 0 Å². The molecule has 0 aromatic heterocycles. The van der Waals surface area contributed by atoms with Crippen molar-refractivity contribution in [3.8, 4) is 0 Å². The van der Waals surface area contributed by atoms with Gasteiger partial charge in [0.25, 0.3) is 0 Å². The van der Waals surface area contributed by atoms with Gasteiger partial charge in [-0.2, -0.15) is 11.8 Å². The highest BCUT2D eigenvalue weighted by atomic mass is 32.2. The first-order valence-electron chi connectivity index (χ1n) is 7.38. The van der Waals surface area contributed by atoms with Crippen molar-refractivity contribution < 1.29 is 4.79 Å². The van der Waals surface area contributed by atoms with E-state index in [-0.39, 0.29) is 5.91 Å². The SMILES string of the molecule is CCSC1CCC(NC(=O)Cc2ccc(C(N)=S)cc2)C1. The molecule has 1 aromatic rings. The summed E-state index contributed by atoms with van der Waals surface area (Å²) >= 11 is 6.92. The molecule has 2 unspecified atom stereocenters. The first-order chi connectivity index (χ1) is 10.1. The predicted octanol–water partition coefficient (Wildman–Crippen LogP) is 2.65. The first kappa shape index (κ1) is 16.3. The van der Waals surface area contributed by atoms with Gasteiger partial charge in [0.15, 0.2) is 0 Å². The Labute approximate surface area is 136 Å². The van der Waals surface area contributed by atoms with Gasteiger partial charge in [-0.1, -0.05) is 43.4 Å². The molecule has 1 aromatic carbocycles. The molecule has 1 fully saturated rings. The molecule has 2 rings (SSSR count). The molecular weight excluding hydrogens is 300 g/mol. The van der Waals surface area contributed by atoms with Crippen molar-refractivity contribution in [2.75, 3.05) is 5.75 Å². The number of nitrogens with one attached hydrogen (secondary N) is 1. The van der Waals surface area contributed by atoms with Crippen LogP contribution in [0.3, 0.4) is 0 Å². The molecule has 3 nitrogen and oxygen atoms in total. The second-order valence-electron chi connectivity index (χ2n) is 5.39. The summed E-state index contributed by atoms with van der Waals surface area (Å²) < 4.78 is 0. The maximum absolute atomic E-state index is 12.1. The molecule has 1 amide bonds. The molecular formula is C16H22N2OS2. The van der Waals surface area contributed by atoms with Crippen molar-refractivity contribution in [2.45, 2.75) is 43.9 Å². The molecule has 21 heavy (non-hydrogen) atoms. The molecule has 3 N–H and O–H groups in total. The molecule has 0 saturated heterocycles. The van der Waals surface area contributed by atoms with Gasteiger partial charge in [-0.3, -0.25) is 4.79 Å². The number of hydrogen-bond acceptors (Lipinski definition) is 3. The van der Waals surface area contributed by atoms with Crippen molar-refractivity contribution in [3.05, 3.63) is 35.4 Å². The molecule has 1 aliphatic rings. The van der Waals surface area contributed by atoms with Crippen LogP contribution in [0.25, 0.3) is 0 Å². The van der Waals surface area contributed by atoms with Gasteiger partial charge >= 0.3 is 0 Å². The minimum Gasteiger partial charge on any atom is -0.389 e. The third kappa shape index (κ3) is 5.00. The van der Waals surface area contributed by atoms with Crippen molar-refractivity contribution in [2.24, 2.45) is 5.73 Å². The van der Waals surface area contributed by atoms with Gasteiger partial charge in [0, 0.05) is 16.9 Å². The number of benzene rings is 1. The van der Waals surface area contributed by atoms with E-state index in [1.807, 2.05) is 36.0 Å². The summed E-state index contributed by atoms with van der Waals surface area (Å²) in [6.07, 6.45) is 3.83. The molecule has 1 aliphatic carbocycles. The Morgan fingerprint density at radius 2 is 2.10 bits per heavy atom. The largest absolute Gasteiger partial charge is 0.389 e. The fourth-order valence-corrected chi connectivity index (χ4v) is 3.99. The van der Waals surface area contributed by atoms with Crippen LogP contribution in [-0.2, 0) is 11.2 Å². The van der Waals surface area contributed by atoms with E-state index >= 15 is 0 Å². The Morgan fingerprint density at radius 1 is 1.38 bits per heavy atom. The third-order valence-corrected chi connectivity index (χ3v) is 5.22. The van der Waals surface area contributed by atoms with Gasteiger partial charge in [-0.05, 0) is 30.6 Å². The Kier molecular flexibility index (Phi) is 6.06. The minimum atomic E-state index is 0.102. The third-order valence-electron chi connectivity index (χ3n) is 3.76. The number of nitrogens with two attached hydrogens (primary N) is 1. The van der Waals surface area contributed by atoms with Crippen LogP contribution in [-0.4, -0.2) is 27.9 Å². The predicted molar refractivity (Wildman–Crippen MR) is 93.7 cm³/mol. The van der Waals surface area contributed by atoms with Crippen molar-refractivity contribution in [1.82, 2.24) is 5.32 Å². The highest BCUT2D eigenvalue weighted by Gasteiger charge is 2.25. The topological polar surface area (TPSA) is 55.1 Å². The number of carbonyl (C=O) groups is 1. The maximum Gasteiger partial charge on any atom is 0.224 e. The zero-order valence-corrected chi connectivity index (χ0v) is 13.9. The highest BCUT2D eigenvalue weighted by molar-refractivity contribution is 7.99. The van der Waals surface area contributed by atoms with Gasteiger partial charge in [0.1, 0.15) is 4.99 Å². The van der Waals surface area contributed by atoms with Crippen LogP contribution in [0.1, 0.15) is 37.3 Å². The molecule has 0 heterocycles. The van der Waals surface area contributed by atoms with E-state index in [0.29, 0.717) is 22.7 Å². The summed E-state index contributed by atoms with van der Waals surface area (Å²) in [4.78, 5) is 12.5. The highest BCUT2D eigenvalue weighted by Crippen LogP contribution is 2.29. The molecule has 5 heteroatoms. The number of thioether (sulfide) groups is 1. The zero-order chi connectivity index (χ0) is 15.2. The smallest absolute Gasteiger partial charge is 0.224 e. The summed E-state index contributed by atoms with van der Waals surface area (Å²) in [5.74, 6) is 1.26. The lowest BCUT2D eigenvalue weighted by atomic mass is 10.1. The normalized spacial score (nSPS) is 21.2. The van der Waals surface area contributed by atoms with Crippen LogP contribution in [0.5, 0.6) is 0 Å². The van der Waals surface area contributed by atoms with E-state index in [1.54, 1.807) is 0 Å². The number of amides is 1. The molecule has 1 saturated carbocycles. The van der Waals surface area contributed by atoms with Crippen LogP contribution < -0.4 is 11.1 Å². The molecule has 114 valence electrons. The molecule has 0 bridgehead atoms. The van der Waals surface area contributed by atoms with Crippen molar-refractivity contribution in [1.29, 1.82) is 0 Å². The van der Waals surface area contributed by atoms with Gasteiger partial charge < -0.3 is 11.1 Å². The van der Waals surface area contributed by atoms with Gasteiger partial charge in [-0.25, -0.2) is 0 Å². The summed E-state index contributed by atoms with van der Waals surface area (Å²) in [7, 11) is 0. The summed E-state index contributed by atoms with van der Waals surface area (Å²) in [5, 5.41) is 3.86. The molecule has 0 spiro atoms. The molecule has 0 aliphatic heterocycles. The summed E-state index contributed by atoms with van der Waals surface area (Å²) in [5.41, 5.74) is 7.39. The Morgan fingerprint density at radius 3 is 2.71 bits per heavy atom. The first-order valence-corrected chi connectivity index (χ1v) is 8.84. The number of rotatable bonds is 6. The lowest BCUT2D eigenvalue weighted by molar-refractivity contribution is -0.121. The average molecular weight is 322 g/mol. The Balaban J connectivity index is 1.80. The second-order valence-corrected chi connectivity index (χ2v) is 7.41. The molecule has 0 radical (unpaired) electrons. The van der Waals surface area contributed by atoms with Gasteiger partial charge in [0.05, 0.1) is 6.42 Å². The lowest BCUT2D eigenvalue weighted by Crippen LogP contribution is -2.34. The van der Waals surface area contributed by atoms with Crippen LogP contribution >= 0.6 is 24.0 Å². The van der Waals surface area contributed by atoms with Crippen LogP contribution in [0.15, 0.2) is 24.3 Å². The van der Waals surface area contributed by atoms with Crippen molar-refractivity contribution in [3.63, 3.8) is 0 Å². The Bertz CT molecular complexity index is 502. The van der Waals surface area contributed by atoms with Crippen LogP contribution in [0.4, 0.5) is 0 Å². The van der Waals surface area contributed by atoms with E-state index < -0.39 is 0 Å². The monoisotopic (exact) mass is 322 g/mol. The Hall–Kier alpha value is -1.07. The average Bonchev–Trinajstić information content (AvgIpc) is 2.87. The number of carbonyl (C=O) groups excluding carboxylic acids is 1. The van der Waals surface area contributed by atoms with E-state index in [1.165, 1.54) is 6.42 Å². The summed E-state index contributed by atoms with van der Waals surface area (Å²) in [6.45, 7) is 2.19. The van der Waals surface area contributed by atoms with E-state index in [2.05, 4.69) is 12.2 Å². The van der Waals surface area contributed by atoms with E-state index in [0.717, 1.165) is 29.7 Å². The number of hydrogen-bond donors (Lipinski definition) is 2. The maximum atomic E-state index is 12.1.